The number of aryl methyl sites for hydroxylation is 2. The Hall–Kier alpha value is -1.61. The first-order chi connectivity index (χ1) is 8.09. The van der Waals surface area contributed by atoms with Crippen LogP contribution in [0.5, 0.6) is 5.75 Å². The highest BCUT2D eigenvalue weighted by Crippen LogP contribution is 2.26. The van der Waals surface area contributed by atoms with E-state index in [1.807, 2.05) is 37.3 Å². The summed E-state index contributed by atoms with van der Waals surface area (Å²) in [5.41, 5.74) is 1.59. The van der Waals surface area contributed by atoms with Gasteiger partial charge in [-0.25, -0.2) is 4.21 Å². The van der Waals surface area contributed by atoms with Crippen molar-refractivity contribution < 1.29 is 9.32 Å². The second kappa shape index (κ2) is 4.72. The van der Waals surface area contributed by atoms with Crippen molar-refractivity contribution in [1.29, 1.82) is 0 Å². The summed E-state index contributed by atoms with van der Waals surface area (Å²) >= 11 is 0. The maximum Gasteiger partial charge on any atom is 0.118 e. The Balaban J connectivity index is 2.48. The molecule has 0 heterocycles. The summed E-state index contributed by atoms with van der Waals surface area (Å²) in [6.45, 7) is 3.66. The highest BCUT2D eigenvalue weighted by molar-refractivity contribution is 7.85. The number of phenols is 1. The van der Waals surface area contributed by atoms with Crippen molar-refractivity contribution in [2.75, 3.05) is 0 Å². The predicted octanol–water partition coefficient (Wildman–Crippen LogP) is 3.18. The van der Waals surface area contributed by atoms with E-state index < -0.39 is 10.8 Å². The Kier molecular flexibility index (Phi) is 3.29. The fraction of sp³-hybridized carbons (Fsp3) is 0.143. The van der Waals surface area contributed by atoms with Gasteiger partial charge >= 0.3 is 0 Å². The first-order valence-corrected chi connectivity index (χ1v) is 6.51. The van der Waals surface area contributed by atoms with E-state index in [-0.39, 0.29) is 5.75 Å². The third-order valence-corrected chi connectivity index (χ3v) is 4.19. The molecule has 0 radical (unpaired) electrons. The Morgan fingerprint density at radius 1 is 1.00 bits per heavy atom. The molecular weight excluding hydrogens is 232 g/mol. The van der Waals surface area contributed by atoms with Crippen molar-refractivity contribution in [3.05, 3.63) is 53.6 Å². The summed E-state index contributed by atoms with van der Waals surface area (Å²) in [7, 11) is -1.19. The van der Waals surface area contributed by atoms with Gasteiger partial charge in [0.25, 0.3) is 0 Å². The zero-order chi connectivity index (χ0) is 12.4. The Labute approximate surface area is 103 Å². The Bertz CT molecular complexity index is 562. The molecule has 0 fully saturated rings. The normalized spacial score (nSPS) is 12.4. The van der Waals surface area contributed by atoms with Gasteiger partial charge in [-0.2, -0.15) is 0 Å². The molecule has 0 saturated heterocycles. The summed E-state index contributed by atoms with van der Waals surface area (Å²) in [6, 6.07) is 12.8. The van der Waals surface area contributed by atoms with E-state index in [4.69, 9.17) is 0 Å². The molecule has 2 aromatic rings. The van der Waals surface area contributed by atoms with Crippen LogP contribution in [0.4, 0.5) is 0 Å². The maximum atomic E-state index is 12.4. The Morgan fingerprint density at radius 3 is 2.29 bits per heavy atom. The van der Waals surface area contributed by atoms with E-state index in [0.717, 1.165) is 20.9 Å². The van der Waals surface area contributed by atoms with Crippen LogP contribution in [0.3, 0.4) is 0 Å². The van der Waals surface area contributed by atoms with Crippen molar-refractivity contribution in [3.8, 4) is 5.75 Å². The molecule has 2 aromatic carbocycles. The second-order valence-corrected chi connectivity index (χ2v) is 5.43. The molecule has 0 aliphatic heterocycles. The molecule has 2 nitrogen and oxygen atoms in total. The zero-order valence-corrected chi connectivity index (χ0v) is 10.6. The van der Waals surface area contributed by atoms with Gasteiger partial charge in [-0.3, -0.25) is 0 Å². The molecule has 88 valence electrons. The molecule has 1 unspecified atom stereocenters. The first-order valence-electron chi connectivity index (χ1n) is 5.36. The van der Waals surface area contributed by atoms with Crippen LogP contribution in [0.2, 0.25) is 0 Å². The van der Waals surface area contributed by atoms with Gasteiger partial charge < -0.3 is 5.11 Å². The summed E-state index contributed by atoms with van der Waals surface area (Å²) < 4.78 is 12.4. The monoisotopic (exact) mass is 246 g/mol. The Morgan fingerprint density at radius 2 is 1.65 bits per heavy atom. The van der Waals surface area contributed by atoms with Crippen LogP contribution in [-0.4, -0.2) is 9.32 Å². The molecule has 1 N–H and O–H groups in total. The molecule has 3 heteroatoms. The summed E-state index contributed by atoms with van der Waals surface area (Å²) in [6.07, 6.45) is 0. The van der Waals surface area contributed by atoms with Gasteiger partial charge in [0, 0.05) is 9.79 Å². The lowest BCUT2D eigenvalue weighted by Gasteiger charge is -2.08. The van der Waals surface area contributed by atoms with Crippen LogP contribution in [0.1, 0.15) is 11.1 Å². The number of phenolic OH excluding ortho intramolecular Hbond substituents is 1. The van der Waals surface area contributed by atoms with Gasteiger partial charge in [0.15, 0.2) is 0 Å². The maximum absolute atomic E-state index is 12.4. The summed E-state index contributed by atoms with van der Waals surface area (Å²) in [5.74, 6) is 0.247. The molecular formula is C14H14O2S. The highest BCUT2D eigenvalue weighted by atomic mass is 32.2. The van der Waals surface area contributed by atoms with Crippen LogP contribution in [0, 0.1) is 13.8 Å². The molecule has 0 amide bonds. The van der Waals surface area contributed by atoms with Gasteiger partial charge in [-0.05, 0) is 49.2 Å². The molecule has 0 spiro atoms. The van der Waals surface area contributed by atoms with Crippen LogP contribution in [-0.2, 0) is 10.8 Å². The smallest absolute Gasteiger partial charge is 0.118 e. The lowest BCUT2D eigenvalue weighted by molar-refractivity contribution is 0.470. The zero-order valence-electron chi connectivity index (χ0n) is 9.81. The fourth-order valence-electron chi connectivity index (χ4n) is 1.65. The molecule has 1 atom stereocenters. The van der Waals surface area contributed by atoms with Crippen molar-refractivity contribution in [3.63, 3.8) is 0 Å². The highest BCUT2D eigenvalue weighted by Gasteiger charge is 2.11. The third-order valence-electron chi connectivity index (χ3n) is 2.65. The summed E-state index contributed by atoms with van der Waals surface area (Å²) in [5, 5.41) is 9.58. The van der Waals surface area contributed by atoms with Gasteiger partial charge in [0.1, 0.15) is 5.75 Å². The van der Waals surface area contributed by atoms with Gasteiger partial charge in [0.05, 0.1) is 10.8 Å². The minimum absolute atomic E-state index is 0.247. The number of rotatable bonds is 2. The number of hydrogen-bond donors (Lipinski definition) is 1. The SMILES string of the molecule is Cc1cc(S(=O)c2ccccc2)c(C)cc1O. The number of benzene rings is 2. The van der Waals surface area contributed by atoms with Crippen LogP contribution in [0.15, 0.2) is 52.3 Å². The van der Waals surface area contributed by atoms with Crippen molar-refractivity contribution >= 4 is 10.8 Å². The van der Waals surface area contributed by atoms with E-state index in [0.29, 0.717) is 0 Å². The topological polar surface area (TPSA) is 37.3 Å². The molecule has 0 aliphatic carbocycles. The molecule has 17 heavy (non-hydrogen) atoms. The van der Waals surface area contributed by atoms with Crippen molar-refractivity contribution in [2.24, 2.45) is 0 Å². The van der Waals surface area contributed by atoms with E-state index in [1.54, 1.807) is 19.1 Å². The molecule has 0 aromatic heterocycles. The van der Waals surface area contributed by atoms with Gasteiger partial charge in [-0.15, -0.1) is 0 Å². The number of hydrogen-bond acceptors (Lipinski definition) is 2. The van der Waals surface area contributed by atoms with E-state index in [2.05, 4.69) is 0 Å². The molecule has 0 bridgehead atoms. The lowest BCUT2D eigenvalue weighted by Crippen LogP contribution is -1.96. The molecule has 0 aliphatic rings. The van der Waals surface area contributed by atoms with E-state index in [1.165, 1.54) is 0 Å². The lowest BCUT2D eigenvalue weighted by atomic mass is 10.1. The van der Waals surface area contributed by atoms with Crippen molar-refractivity contribution in [1.82, 2.24) is 0 Å². The van der Waals surface area contributed by atoms with Gasteiger partial charge in [-0.1, -0.05) is 18.2 Å². The van der Waals surface area contributed by atoms with E-state index in [9.17, 15) is 9.32 Å². The second-order valence-electron chi connectivity index (χ2n) is 3.99. The van der Waals surface area contributed by atoms with Crippen LogP contribution in [0.25, 0.3) is 0 Å². The number of aromatic hydroxyl groups is 1. The largest absolute Gasteiger partial charge is 0.508 e. The quantitative estimate of drug-likeness (QED) is 0.883. The van der Waals surface area contributed by atoms with Gasteiger partial charge in [0.2, 0.25) is 0 Å². The standard InChI is InChI=1S/C14H14O2S/c1-10-9-14(11(2)8-13(10)15)17(16)12-6-4-3-5-7-12/h3-9,15H,1-2H3. The van der Waals surface area contributed by atoms with Crippen LogP contribution >= 0.6 is 0 Å². The minimum Gasteiger partial charge on any atom is -0.508 e. The van der Waals surface area contributed by atoms with Crippen molar-refractivity contribution in [2.45, 2.75) is 23.6 Å². The van der Waals surface area contributed by atoms with Crippen LogP contribution < -0.4 is 0 Å². The average molecular weight is 246 g/mol. The minimum atomic E-state index is -1.19. The first kappa shape index (κ1) is 11.9. The predicted molar refractivity (Wildman–Crippen MR) is 68.7 cm³/mol. The average Bonchev–Trinajstić information content (AvgIpc) is 2.34. The third kappa shape index (κ3) is 2.39. The van der Waals surface area contributed by atoms with E-state index >= 15 is 0 Å². The summed E-state index contributed by atoms with van der Waals surface area (Å²) in [4.78, 5) is 1.53. The molecule has 2 rings (SSSR count). The molecule has 0 saturated carbocycles. The fourth-order valence-corrected chi connectivity index (χ4v) is 2.94.